The van der Waals surface area contributed by atoms with Crippen LogP contribution in [0.15, 0.2) is 12.4 Å². The number of aliphatic hydroxyl groups is 1. The molecule has 3 aromatic rings. The highest BCUT2D eigenvalue weighted by Crippen LogP contribution is 2.33. The van der Waals surface area contributed by atoms with E-state index in [0.717, 1.165) is 44.1 Å². The van der Waals surface area contributed by atoms with Crippen molar-refractivity contribution in [3.63, 3.8) is 0 Å². The molecule has 0 spiro atoms. The maximum absolute atomic E-state index is 9.26. The van der Waals surface area contributed by atoms with E-state index in [1.54, 1.807) is 17.1 Å². The zero-order valence-electron chi connectivity index (χ0n) is 18.7. The van der Waals surface area contributed by atoms with E-state index >= 15 is 0 Å². The third-order valence-electron chi connectivity index (χ3n) is 6.80. The summed E-state index contributed by atoms with van der Waals surface area (Å²) in [5, 5.41) is 14.2. The van der Waals surface area contributed by atoms with E-state index in [9.17, 15) is 5.11 Å². The summed E-state index contributed by atoms with van der Waals surface area (Å²) in [5.74, 6) is 4.75. The Hall–Kier alpha value is -2.51. The van der Waals surface area contributed by atoms with Gasteiger partial charge in [-0.1, -0.05) is 11.6 Å². The van der Waals surface area contributed by atoms with E-state index in [1.165, 1.54) is 12.8 Å². The van der Waals surface area contributed by atoms with Gasteiger partial charge in [-0.3, -0.25) is 0 Å². The zero-order chi connectivity index (χ0) is 23.7. The van der Waals surface area contributed by atoms with Crippen molar-refractivity contribution in [3.8, 4) is 12.3 Å². The Labute approximate surface area is 208 Å². The predicted octanol–water partition coefficient (Wildman–Crippen LogP) is 2.29. The van der Waals surface area contributed by atoms with Crippen molar-refractivity contribution in [3.05, 3.63) is 34.1 Å². The lowest BCUT2D eigenvalue weighted by Gasteiger charge is -2.47. The van der Waals surface area contributed by atoms with Crippen LogP contribution < -0.4 is 4.90 Å². The fraction of sp³-hybridized carbons (Fsp3) is 0.522. The van der Waals surface area contributed by atoms with Crippen LogP contribution in [0, 0.1) is 24.2 Å². The van der Waals surface area contributed by atoms with Gasteiger partial charge < -0.3 is 14.9 Å². The molecule has 0 amide bonds. The number of terminal acetylenes is 1. The first kappa shape index (κ1) is 23.2. The van der Waals surface area contributed by atoms with Gasteiger partial charge in [-0.05, 0) is 55.2 Å². The van der Waals surface area contributed by atoms with E-state index in [4.69, 9.17) is 34.6 Å². The molecule has 2 aliphatic heterocycles. The molecule has 0 saturated carbocycles. The van der Waals surface area contributed by atoms with Gasteiger partial charge in [0.05, 0.1) is 12.8 Å². The molecule has 0 bridgehead atoms. The molecule has 2 fully saturated rings. The second-order valence-electron chi connectivity index (χ2n) is 8.91. The number of anilines is 1. The summed E-state index contributed by atoms with van der Waals surface area (Å²) in [7, 11) is 0. The Kier molecular flexibility index (Phi) is 6.84. The maximum atomic E-state index is 9.26. The van der Waals surface area contributed by atoms with Gasteiger partial charge >= 0.3 is 0 Å². The Balaban J connectivity index is 1.30. The molecule has 5 rings (SSSR count). The van der Waals surface area contributed by atoms with Crippen molar-refractivity contribution in [1.82, 2.24) is 34.6 Å². The van der Waals surface area contributed by atoms with Crippen LogP contribution in [0.3, 0.4) is 0 Å². The van der Waals surface area contributed by atoms with Gasteiger partial charge in [0, 0.05) is 44.5 Å². The van der Waals surface area contributed by atoms with Gasteiger partial charge in [-0.25, -0.2) is 24.6 Å². The molecule has 0 radical (unpaired) electrons. The van der Waals surface area contributed by atoms with Crippen LogP contribution in [-0.4, -0.2) is 79.1 Å². The minimum Gasteiger partial charge on any atom is -0.395 e. The molecule has 1 N–H and O–H groups in total. The molecular formula is C23H26Cl2N8O. The molecule has 5 heterocycles. The molecule has 1 atom stereocenters. The molecule has 178 valence electrons. The lowest BCUT2D eigenvalue weighted by molar-refractivity contribution is 0.101. The van der Waals surface area contributed by atoms with E-state index in [2.05, 4.69) is 35.8 Å². The number of aryl methyl sites for hydroxylation is 2. The minimum absolute atomic E-state index is 0.116. The van der Waals surface area contributed by atoms with Gasteiger partial charge in [0.25, 0.3) is 0 Å². The minimum atomic E-state index is 0.116. The highest BCUT2D eigenvalue weighted by molar-refractivity contribution is 6.32. The lowest BCUT2D eigenvalue weighted by Crippen LogP contribution is -2.54. The smallest absolute Gasteiger partial charge is 0.223 e. The summed E-state index contributed by atoms with van der Waals surface area (Å²) in [6.07, 6.45) is 12.1. The molecule has 2 aliphatic rings. The molecule has 0 aliphatic carbocycles. The standard InChI is InChI=1S/C23H26Cl2N8O/c1-2-18-20-22(33(30-18)7-5-15-10-27-23(25)29-21(15)24)28-19(11-26-20)32-13-17(14-32)16-4-3-6-31(12-16)8-9-34/h1,10-11,16-17,34H,3-9,12-14H2/t16-/m0/s1. The summed E-state index contributed by atoms with van der Waals surface area (Å²) in [5.41, 5.74) is 2.52. The maximum Gasteiger partial charge on any atom is 0.223 e. The van der Waals surface area contributed by atoms with Crippen molar-refractivity contribution in [2.75, 3.05) is 44.2 Å². The molecule has 0 unspecified atom stereocenters. The van der Waals surface area contributed by atoms with Crippen molar-refractivity contribution in [1.29, 1.82) is 0 Å². The van der Waals surface area contributed by atoms with E-state index < -0.39 is 0 Å². The molecule has 3 aromatic heterocycles. The van der Waals surface area contributed by atoms with Crippen molar-refractivity contribution < 1.29 is 5.11 Å². The van der Waals surface area contributed by atoms with Crippen LogP contribution in [0.1, 0.15) is 24.1 Å². The predicted molar refractivity (Wildman–Crippen MR) is 131 cm³/mol. The number of likely N-dealkylation sites (tertiary alicyclic amines) is 1. The molecule has 11 heteroatoms. The van der Waals surface area contributed by atoms with Crippen molar-refractivity contribution in [2.45, 2.75) is 25.8 Å². The Bertz CT molecular complexity index is 1220. The summed E-state index contributed by atoms with van der Waals surface area (Å²) < 4.78 is 1.77. The molecule has 0 aromatic carbocycles. The summed E-state index contributed by atoms with van der Waals surface area (Å²) in [4.78, 5) is 22.1. The summed E-state index contributed by atoms with van der Waals surface area (Å²) in [6.45, 7) is 5.58. The molecule has 34 heavy (non-hydrogen) atoms. The van der Waals surface area contributed by atoms with Crippen LogP contribution in [0.4, 0.5) is 5.82 Å². The largest absolute Gasteiger partial charge is 0.395 e. The lowest BCUT2D eigenvalue weighted by atomic mass is 9.80. The van der Waals surface area contributed by atoms with Crippen LogP contribution >= 0.6 is 23.2 Å². The third kappa shape index (κ3) is 4.68. The number of aromatic nitrogens is 6. The third-order valence-corrected chi connectivity index (χ3v) is 7.31. The topological polar surface area (TPSA) is 96.1 Å². The highest BCUT2D eigenvalue weighted by Gasteiger charge is 2.36. The Morgan fingerprint density at radius 2 is 1.94 bits per heavy atom. The average molecular weight is 501 g/mol. The number of hydrogen-bond donors (Lipinski definition) is 1. The monoisotopic (exact) mass is 500 g/mol. The van der Waals surface area contributed by atoms with Gasteiger partial charge in [0.15, 0.2) is 11.3 Å². The fourth-order valence-corrected chi connectivity index (χ4v) is 5.32. The second kappa shape index (κ2) is 10.0. The van der Waals surface area contributed by atoms with Gasteiger partial charge in [0.2, 0.25) is 5.28 Å². The van der Waals surface area contributed by atoms with Crippen LogP contribution in [0.2, 0.25) is 10.4 Å². The number of piperidine rings is 1. The SMILES string of the molecule is C#Cc1nn(CCc2cnc(Cl)nc2Cl)c2nc(N3CC([C@H]4CCCN(CCO)C4)C3)cnc12. The molecular weight excluding hydrogens is 475 g/mol. The first-order valence-electron chi connectivity index (χ1n) is 11.5. The zero-order valence-corrected chi connectivity index (χ0v) is 20.3. The van der Waals surface area contributed by atoms with Crippen molar-refractivity contribution >= 4 is 40.2 Å². The van der Waals surface area contributed by atoms with E-state index in [-0.39, 0.29) is 11.9 Å². The number of hydrogen-bond acceptors (Lipinski definition) is 8. The second-order valence-corrected chi connectivity index (χ2v) is 9.61. The molecule has 2 saturated heterocycles. The number of fused-ring (bicyclic) bond motifs is 1. The molecule has 9 nitrogen and oxygen atoms in total. The van der Waals surface area contributed by atoms with Crippen LogP contribution in [-0.2, 0) is 13.0 Å². The van der Waals surface area contributed by atoms with Crippen LogP contribution in [0.25, 0.3) is 11.2 Å². The summed E-state index contributed by atoms with van der Waals surface area (Å²) >= 11 is 12.0. The summed E-state index contributed by atoms with van der Waals surface area (Å²) in [6, 6.07) is 0. The average Bonchev–Trinajstić information content (AvgIpc) is 3.15. The van der Waals surface area contributed by atoms with Gasteiger partial charge in [-0.15, -0.1) is 6.42 Å². The van der Waals surface area contributed by atoms with Gasteiger partial charge in [-0.2, -0.15) is 5.10 Å². The normalized spacial score (nSPS) is 19.4. The van der Waals surface area contributed by atoms with Crippen molar-refractivity contribution in [2.24, 2.45) is 11.8 Å². The highest BCUT2D eigenvalue weighted by atomic mass is 35.5. The van der Waals surface area contributed by atoms with Gasteiger partial charge in [0.1, 0.15) is 16.5 Å². The number of nitrogens with zero attached hydrogens (tertiary/aromatic N) is 8. The quantitative estimate of drug-likeness (QED) is 0.299. The number of aliphatic hydroxyl groups excluding tert-OH is 1. The number of rotatable bonds is 7. The van der Waals surface area contributed by atoms with E-state index in [1.807, 2.05) is 0 Å². The first-order chi connectivity index (χ1) is 16.6. The first-order valence-corrected chi connectivity index (χ1v) is 12.3. The Morgan fingerprint density at radius 1 is 1.09 bits per heavy atom. The number of β-amino-alcohol motifs (C(OH)–C–C–N with tert-alkyl or cyclic N) is 1. The van der Waals surface area contributed by atoms with Crippen LogP contribution in [0.5, 0.6) is 0 Å². The number of halogens is 2. The Morgan fingerprint density at radius 3 is 2.71 bits per heavy atom. The van der Waals surface area contributed by atoms with E-state index in [0.29, 0.717) is 46.8 Å². The fourth-order valence-electron chi connectivity index (χ4n) is 4.92.